The number of allylic oxidation sites excluding steroid dienone is 4. The first-order valence-electron chi connectivity index (χ1n) is 22.1. The molecule has 8 nitrogen and oxygen atoms in total. The highest BCUT2D eigenvalue weighted by molar-refractivity contribution is 7.45. The van der Waals surface area contributed by atoms with Crippen LogP contribution in [0, 0.1) is 0 Å². The molecule has 0 saturated carbocycles. The normalized spacial score (nSPS) is 14.0. The molecule has 0 rings (SSSR count). The summed E-state index contributed by atoms with van der Waals surface area (Å²) in [6.07, 6.45) is 41.8. The van der Waals surface area contributed by atoms with E-state index in [2.05, 4.69) is 38.2 Å². The van der Waals surface area contributed by atoms with Crippen molar-refractivity contribution in [1.82, 2.24) is 0 Å². The second kappa shape index (κ2) is 37.9. The average Bonchev–Trinajstić information content (AvgIpc) is 3.11. The van der Waals surface area contributed by atoms with Gasteiger partial charge in [-0.25, -0.2) is 0 Å². The Hall–Kier alpha value is -1.02. The lowest BCUT2D eigenvalue weighted by molar-refractivity contribution is -0.870. The number of rotatable bonds is 41. The molecule has 0 aliphatic carbocycles. The number of nitrogens with zero attached hydrogens (tertiary/aromatic N) is 1. The van der Waals surface area contributed by atoms with Gasteiger partial charge in [0.15, 0.2) is 0 Å². The van der Waals surface area contributed by atoms with Gasteiger partial charge in [-0.15, -0.1) is 0 Å². The number of hydrogen-bond donors (Lipinski definition) is 0. The van der Waals surface area contributed by atoms with Crippen molar-refractivity contribution in [3.63, 3.8) is 0 Å². The maximum Gasteiger partial charge on any atom is 0.306 e. The van der Waals surface area contributed by atoms with Gasteiger partial charge in [-0.2, -0.15) is 0 Å². The Balaban J connectivity index is 4.22. The van der Waals surface area contributed by atoms with Gasteiger partial charge in [0, 0.05) is 13.0 Å². The summed E-state index contributed by atoms with van der Waals surface area (Å²) in [5.41, 5.74) is 0. The van der Waals surface area contributed by atoms with Crippen LogP contribution in [0.1, 0.15) is 194 Å². The van der Waals surface area contributed by atoms with E-state index < -0.39 is 13.9 Å². The minimum Gasteiger partial charge on any atom is -0.756 e. The highest BCUT2D eigenvalue weighted by Crippen LogP contribution is 2.38. The highest BCUT2D eigenvalue weighted by Gasteiger charge is 2.20. The quantitative estimate of drug-likeness (QED) is 0.0201. The Morgan fingerprint density at radius 3 is 1.55 bits per heavy atom. The van der Waals surface area contributed by atoms with E-state index in [1.54, 1.807) is 0 Å². The molecule has 0 bridgehead atoms. The molecule has 0 fully saturated rings. The van der Waals surface area contributed by atoms with Crippen molar-refractivity contribution in [1.29, 1.82) is 0 Å². The Morgan fingerprint density at radius 2 is 1.04 bits per heavy atom. The van der Waals surface area contributed by atoms with Crippen molar-refractivity contribution in [2.75, 3.05) is 54.1 Å². The third kappa shape index (κ3) is 42.0. The molecule has 2 atom stereocenters. The van der Waals surface area contributed by atoms with Crippen molar-refractivity contribution in [3.05, 3.63) is 24.3 Å². The predicted molar refractivity (Wildman–Crippen MR) is 222 cm³/mol. The van der Waals surface area contributed by atoms with Gasteiger partial charge in [-0.1, -0.05) is 167 Å². The molecule has 0 aliphatic heterocycles. The summed E-state index contributed by atoms with van der Waals surface area (Å²) in [7, 11) is 1.36. The first kappa shape index (κ1) is 52.0. The fourth-order valence-electron chi connectivity index (χ4n) is 6.05. The van der Waals surface area contributed by atoms with E-state index in [0.717, 1.165) is 44.9 Å². The van der Waals surface area contributed by atoms with Crippen LogP contribution in [0.3, 0.4) is 0 Å². The van der Waals surface area contributed by atoms with E-state index >= 15 is 0 Å². The van der Waals surface area contributed by atoms with Crippen LogP contribution in [0.4, 0.5) is 0 Å². The standard InChI is InChI=1S/C44H86NO7P/c1-6-8-10-12-14-16-18-20-21-22-23-24-25-27-29-31-33-35-37-44(46)52-43(42-51-53(47,48)50-40-38-45(3,4)5)41-49-39-36-34-32-30-28-26-19-17-15-13-11-9-7-2/h16,18,21-22,43H,6-15,17,19-20,23-42H2,1-5H3/b18-16-,22-21-. The van der Waals surface area contributed by atoms with Crippen LogP contribution < -0.4 is 4.89 Å². The number of unbranched alkanes of at least 4 members (excludes halogenated alkanes) is 23. The van der Waals surface area contributed by atoms with Gasteiger partial charge in [0.1, 0.15) is 19.3 Å². The summed E-state index contributed by atoms with van der Waals surface area (Å²) in [5, 5.41) is 0. The largest absolute Gasteiger partial charge is 0.756 e. The van der Waals surface area contributed by atoms with Gasteiger partial charge in [0.05, 0.1) is 34.4 Å². The minimum absolute atomic E-state index is 0.0263. The van der Waals surface area contributed by atoms with Crippen LogP contribution in [-0.4, -0.2) is 70.7 Å². The zero-order valence-corrected chi connectivity index (χ0v) is 36.4. The van der Waals surface area contributed by atoms with Crippen molar-refractivity contribution in [3.8, 4) is 0 Å². The van der Waals surface area contributed by atoms with Crippen molar-refractivity contribution >= 4 is 13.8 Å². The third-order valence-electron chi connectivity index (χ3n) is 9.51. The average molecular weight is 772 g/mol. The molecule has 0 aromatic carbocycles. The Kier molecular flexibility index (Phi) is 37.2. The maximum atomic E-state index is 12.7. The maximum absolute atomic E-state index is 12.7. The molecule has 0 radical (unpaired) electrons. The number of ether oxygens (including phenoxy) is 2. The van der Waals surface area contributed by atoms with Gasteiger partial charge in [-0.3, -0.25) is 9.36 Å². The van der Waals surface area contributed by atoms with E-state index in [-0.39, 0.29) is 25.8 Å². The van der Waals surface area contributed by atoms with Crippen molar-refractivity contribution < 1.29 is 37.3 Å². The van der Waals surface area contributed by atoms with E-state index in [1.807, 2.05) is 21.1 Å². The van der Waals surface area contributed by atoms with Crippen LogP contribution in [0.5, 0.6) is 0 Å². The number of carbonyl (C=O) groups excluding carboxylic acids is 1. The van der Waals surface area contributed by atoms with Gasteiger partial charge in [0.25, 0.3) is 7.82 Å². The predicted octanol–water partition coefficient (Wildman–Crippen LogP) is 12.2. The fourth-order valence-corrected chi connectivity index (χ4v) is 6.78. The lowest BCUT2D eigenvalue weighted by Gasteiger charge is -2.28. The van der Waals surface area contributed by atoms with Crippen LogP contribution in [0.25, 0.3) is 0 Å². The molecule has 53 heavy (non-hydrogen) atoms. The van der Waals surface area contributed by atoms with E-state index in [4.69, 9.17) is 18.5 Å². The summed E-state index contributed by atoms with van der Waals surface area (Å²) in [4.78, 5) is 25.0. The first-order valence-corrected chi connectivity index (χ1v) is 23.5. The van der Waals surface area contributed by atoms with Gasteiger partial charge < -0.3 is 27.9 Å². The molecule has 9 heteroatoms. The molecule has 0 aromatic rings. The first-order chi connectivity index (χ1) is 25.6. The number of esters is 1. The molecular weight excluding hydrogens is 685 g/mol. The van der Waals surface area contributed by atoms with Crippen molar-refractivity contribution in [2.45, 2.75) is 200 Å². The highest BCUT2D eigenvalue weighted by atomic mass is 31.2. The molecule has 0 aromatic heterocycles. The zero-order valence-electron chi connectivity index (χ0n) is 35.5. The molecule has 2 unspecified atom stereocenters. The molecule has 0 aliphatic rings. The minimum atomic E-state index is -4.52. The second-order valence-electron chi connectivity index (χ2n) is 16.1. The number of phosphoric acid groups is 1. The number of phosphoric ester groups is 1. The topological polar surface area (TPSA) is 94.1 Å². The number of carbonyl (C=O) groups is 1. The summed E-state index contributed by atoms with van der Waals surface area (Å²) in [5.74, 6) is -0.340. The van der Waals surface area contributed by atoms with Gasteiger partial charge in [-0.05, 0) is 44.9 Å². The fraction of sp³-hybridized carbons (Fsp3) is 0.886. The molecule has 0 saturated heterocycles. The van der Waals surface area contributed by atoms with Gasteiger partial charge in [0.2, 0.25) is 0 Å². The van der Waals surface area contributed by atoms with E-state index in [1.165, 1.54) is 128 Å². The monoisotopic (exact) mass is 772 g/mol. The number of quaternary nitrogens is 1. The summed E-state index contributed by atoms with van der Waals surface area (Å²) < 4.78 is 34.6. The number of hydrogen-bond acceptors (Lipinski definition) is 7. The van der Waals surface area contributed by atoms with E-state index in [9.17, 15) is 14.3 Å². The molecule has 0 N–H and O–H groups in total. The molecule has 314 valence electrons. The van der Waals surface area contributed by atoms with Crippen molar-refractivity contribution in [2.24, 2.45) is 0 Å². The lowest BCUT2D eigenvalue weighted by atomic mass is 10.0. The Bertz CT molecular complexity index is 905. The van der Waals surface area contributed by atoms with Crippen LogP contribution in [0.15, 0.2) is 24.3 Å². The molecule has 0 spiro atoms. The van der Waals surface area contributed by atoms with Crippen LogP contribution >= 0.6 is 7.82 Å². The Morgan fingerprint density at radius 1 is 0.585 bits per heavy atom. The second-order valence-corrected chi connectivity index (χ2v) is 17.5. The van der Waals surface area contributed by atoms with Crippen LogP contribution in [-0.2, 0) is 27.9 Å². The Labute approximate surface area is 328 Å². The summed E-state index contributed by atoms with van der Waals surface area (Å²) in [6, 6.07) is 0. The molecular formula is C44H86NO7P. The van der Waals surface area contributed by atoms with E-state index in [0.29, 0.717) is 24.1 Å². The zero-order chi connectivity index (χ0) is 39.1. The van der Waals surface area contributed by atoms with Crippen LogP contribution in [0.2, 0.25) is 0 Å². The summed E-state index contributed by atoms with van der Waals surface area (Å²) >= 11 is 0. The smallest absolute Gasteiger partial charge is 0.306 e. The third-order valence-corrected chi connectivity index (χ3v) is 10.5. The SMILES string of the molecule is CCCCCC/C=C\C/C=C\CCCCCCCCCC(=O)OC(COCCCCCCCCCCCCCCC)COP(=O)([O-])OCC[N+](C)(C)C. The summed E-state index contributed by atoms with van der Waals surface area (Å²) in [6.45, 7) is 5.41. The molecule has 0 amide bonds. The molecule has 0 heterocycles. The lowest BCUT2D eigenvalue weighted by Crippen LogP contribution is -2.37. The number of likely N-dealkylation sites (N-methyl/N-ethyl adjacent to an activating group) is 1. The van der Waals surface area contributed by atoms with Gasteiger partial charge >= 0.3 is 5.97 Å².